The number of aromatic hydroxyl groups is 1. The Balaban J connectivity index is 2.13. The van der Waals surface area contributed by atoms with Crippen LogP contribution in [-0.4, -0.2) is 20.6 Å². The highest BCUT2D eigenvalue weighted by molar-refractivity contribution is 6.30. The number of carbonyl (C=O) groups is 1. The third-order valence-electron chi connectivity index (χ3n) is 3.79. The molecule has 1 amide bonds. The van der Waals surface area contributed by atoms with Gasteiger partial charge in [0.2, 0.25) is 0 Å². The van der Waals surface area contributed by atoms with Gasteiger partial charge >= 0.3 is 0 Å². The third-order valence-corrected chi connectivity index (χ3v) is 4.01. The van der Waals surface area contributed by atoms with Gasteiger partial charge in [-0.3, -0.25) is 9.59 Å². The average molecular weight is 358 g/mol. The van der Waals surface area contributed by atoms with Crippen molar-refractivity contribution >= 4 is 34.2 Å². The Morgan fingerprint density at radius 2 is 2.04 bits per heavy atom. The summed E-state index contributed by atoms with van der Waals surface area (Å²) in [6.45, 7) is 2.38. The molecule has 0 aliphatic heterocycles. The molecule has 0 aliphatic rings. The summed E-state index contributed by atoms with van der Waals surface area (Å²) in [5.41, 5.74) is -0.249. The summed E-state index contributed by atoms with van der Waals surface area (Å²) in [4.78, 5) is 29.3. The van der Waals surface area contributed by atoms with Crippen LogP contribution in [0.5, 0.6) is 5.75 Å². The summed E-state index contributed by atoms with van der Waals surface area (Å²) in [5.74, 6) is -0.809. The largest absolute Gasteiger partial charge is 0.506 e. The third kappa shape index (κ3) is 3.21. The number of halogens is 1. The van der Waals surface area contributed by atoms with E-state index in [0.29, 0.717) is 28.9 Å². The van der Waals surface area contributed by atoms with E-state index < -0.39 is 11.5 Å². The van der Waals surface area contributed by atoms with E-state index in [0.717, 1.165) is 0 Å². The molecule has 3 rings (SSSR count). The molecule has 1 aromatic carbocycles. The van der Waals surface area contributed by atoms with Crippen LogP contribution in [0, 0.1) is 0 Å². The Morgan fingerprint density at radius 1 is 1.28 bits per heavy atom. The van der Waals surface area contributed by atoms with E-state index in [1.165, 1.54) is 16.8 Å². The number of anilines is 1. The van der Waals surface area contributed by atoms with E-state index >= 15 is 0 Å². The standard InChI is InChI=1S/C18H16ClN3O3/c1-2-9-22-13-6-4-3-5-12(13)16(23)15(18(22)25)17(24)21-14-8-7-11(19)10-20-14/h3-8,10,23H,2,9H2,1H3,(H,20,21,24). The molecule has 3 aromatic rings. The molecular formula is C18H16ClN3O3. The number of nitrogens with zero attached hydrogens (tertiary/aromatic N) is 2. The highest BCUT2D eigenvalue weighted by atomic mass is 35.5. The van der Waals surface area contributed by atoms with E-state index in [2.05, 4.69) is 10.3 Å². The van der Waals surface area contributed by atoms with Gasteiger partial charge in [-0.25, -0.2) is 4.98 Å². The predicted octanol–water partition coefficient (Wildman–Crippen LogP) is 3.42. The van der Waals surface area contributed by atoms with Crippen molar-refractivity contribution in [2.75, 3.05) is 5.32 Å². The van der Waals surface area contributed by atoms with Crippen LogP contribution in [0.1, 0.15) is 23.7 Å². The van der Waals surface area contributed by atoms with Crippen molar-refractivity contribution in [2.45, 2.75) is 19.9 Å². The van der Waals surface area contributed by atoms with Crippen LogP contribution in [-0.2, 0) is 6.54 Å². The number of benzene rings is 1. The molecule has 0 fully saturated rings. The van der Waals surface area contributed by atoms with E-state index in [-0.39, 0.29) is 17.1 Å². The van der Waals surface area contributed by atoms with Crippen LogP contribution in [0.15, 0.2) is 47.4 Å². The molecular weight excluding hydrogens is 342 g/mol. The predicted molar refractivity (Wildman–Crippen MR) is 97.4 cm³/mol. The normalized spacial score (nSPS) is 10.8. The van der Waals surface area contributed by atoms with Gasteiger partial charge in [0.15, 0.2) is 0 Å². The lowest BCUT2D eigenvalue weighted by atomic mass is 10.1. The molecule has 7 heteroatoms. The summed E-state index contributed by atoms with van der Waals surface area (Å²) in [6, 6.07) is 10.0. The number of rotatable bonds is 4. The van der Waals surface area contributed by atoms with E-state index in [4.69, 9.17) is 11.6 Å². The summed E-state index contributed by atoms with van der Waals surface area (Å²) in [7, 11) is 0. The minimum atomic E-state index is -0.715. The minimum absolute atomic E-state index is 0.239. The Kier molecular flexibility index (Phi) is 4.72. The molecule has 0 atom stereocenters. The Bertz CT molecular complexity index is 997. The number of carbonyl (C=O) groups excluding carboxylic acids is 1. The van der Waals surface area contributed by atoms with Crippen LogP contribution in [0.25, 0.3) is 10.9 Å². The van der Waals surface area contributed by atoms with Crippen molar-refractivity contribution in [3.05, 3.63) is 63.5 Å². The number of pyridine rings is 2. The van der Waals surface area contributed by atoms with Crippen molar-refractivity contribution in [1.29, 1.82) is 0 Å². The Hall–Kier alpha value is -2.86. The zero-order chi connectivity index (χ0) is 18.0. The van der Waals surface area contributed by atoms with Crippen LogP contribution < -0.4 is 10.9 Å². The maximum Gasteiger partial charge on any atom is 0.267 e. The zero-order valence-electron chi connectivity index (χ0n) is 13.5. The molecule has 2 heterocycles. The van der Waals surface area contributed by atoms with Gasteiger partial charge in [-0.1, -0.05) is 30.7 Å². The molecule has 0 aliphatic carbocycles. The highest BCUT2D eigenvalue weighted by Gasteiger charge is 2.22. The van der Waals surface area contributed by atoms with Crippen LogP contribution in [0.4, 0.5) is 5.82 Å². The Labute approximate surface area is 148 Å². The molecule has 0 spiro atoms. The van der Waals surface area contributed by atoms with Crippen molar-refractivity contribution in [1.82, 2.24) is 9.55 Å². The van der Waals surface area contributed by atoms with Crippen molar-refractivity contribution in [3.63, 3.8) is 0 Å². The number of hydrogen-bond acceptors (Lipinski definition) is 4. The van der Waals surface area contributed by atoms with E-state index in [1.807, 2.05) is 6.92 Å². The number of fused-ring (bicyclic) bond motifs is 1. The van der Waals surface area contributed by atoms with Crippen LogP contribution in [0.3, 0.4) is 0 Å². The van der Waals surface area contributed by atoms with Crippen LogP contribution >= 0.6 is 11.6 Å². The molecule has 25 heavy (non-hydrogen) atoms. The molecule has 0 radical (unpaired) electrons. The number of para-hydroxylation sites is 1. The van der Waals surface area contributed by atoms with Gasteiger partial charge in [-0.05, 0) is 30.7 Å². The molecule has 2 aromatic heterocycles. The van der Waals surface area contributed by atoms with Gasteiger partial charge in [0.25, 0.3) is 11.5 Å². The fourth-order valence-corrected chi connectivity index (χ4v) is 2.78. The Morgan fingerprint density at radius 3 is 2.72 bits per heavy atom. The zero-order valence-corrected chi connectivity index (χ0v) is 14.2. The number of amides is 1. The fraction of sp³-hybridized carbons (Fsp3) is 0.167. The topological polar surface area (TPSA) is 84.2 Å². The molecule has 128 valence electrons. The van der Waals surface area contributed by atoms with Gasteiger partial charge in [0.05, 0.1) is 10.5 Å². The first-order valence-corrected chi connectivity index (χ1v) is 8.18. The summed E-state index contributed by atoms with van der Waals surface area (Å²) in [6.07, 6.45) is 2.10. The summed E-state index contributed by atoms with van der Waals surface area (Å²) >= 11 is 5.77. The number of aryl methyl sites for hydroxylation is 1. The van der Waals surface area contributed by atoms with Gasteiger partial charge in [-0.2, -0.15) is 0 Å². The first-order valence-electron chi connectivity index (χ1n) is 7.80. The number of nitrogens with one attached hydrogen (secondary N) is 1. The maximum absolute atomic E-state index is 12.8. The molecule has 0 unspecified atom stereocenters. The lowest BCUT2D eigenvalue weighted by Crippen LogP contribution is -2.30. The summed E-state index contributed by atoms with van der Waals surface area (Å²) in [5, 5.41) is 13.9. The van der Waals surface area contributed by atoms with Crippen molar-refractivity contribution in [2.24, 2.45) is 0 Å². The smallest absolute Gasteiger partial charge is 0.267 e. The first-order chi connectivity index (χ1) is 12.0. The lowest BCUT2D eigenvalue weighted by molar-refractivity contribution is 0.102. The number of hydrogen-bond donors (Lipinski definition) is 2. The second-order valence-electron chi connectivity index (χ2n) is 5.51. The van der Waals surface area contributed by atoms with Gasteiger partial charge in [0.1, 0.15) is 17.1 Å². The fourth-order valence-electron chi connectivity index (χ4n) is 2.67. The van der Waals surface area contributed by atoms with E-state index in [1.54, 1.807) is 30.3 Å². The number of aromatic nitrogens is 2. The molecule has 0 bridgehead atoms. The van der Waals surface area contributed by atoms with Gasteiger partial charge < -0.3 is 15.0 Å². The quantitative estimate of drug-likeness (QED) is 0.749. The lowest BCUT2D eigenvalue weighted by Gasteiger charge is -2.14. The second-order valence-corrected chi connectivity index (χ2v) is 5.95. The molecule has 6 nitrogen and oxygen atoms in total. The maximum atomic E-state index is 12.8. The molecule has 0 saturated heterocycles. The summed E-state index contributed by atoms with van der Waals surface area (Å²) < 4.78 is 1.50. The second kappa shape index (κ2) is 6.94. The monoisotopic (exact) mass is 357 g/mol. The average Bonchev–Trinajstić information content (AvgIpc) is 2.61. The van der Waals surface area contributed by atoms with Gasteiger partial charge in [0, 0.05) is 18.1 Å². The van der Waals surface area contributed by atoms with Crippen LogP contribution in [0.2, 0.25) is 5.02 Å². The SMILES string of the molecule is CCCn1c(=O)c(C(=O)Nc2ccc(Cl)cn2)c(O)c2ccccc21. The molecule has 0 saturated carbocycles. The van der Waals surface area contributed by atoms with E-state index in [9.17, 15) is 14.7 Å². The highest BCUT2D eigenvalue weighted by Crippen LogP contribution is 2.27. The molecule has 2 N–H and O–H groups in total. The first kappa shape index (κ1) is 17.0. The van der Waals surface area contributed by atoms with Gasteiger partial charge in [-0.15, -0.1) is 0 Å². The minimum Gasteiger partial charge on any atom is -0.506 e. The van der Waals surface area contributed by atoms with Crippen molar-refractivity contribution in [3.8, 4) is 5.75 Å². The van der Waals surface area contributed by atoms with Crippen molar-refractivity contribution < 1.29 is 9.90 Å².